The van der Waals surface area contributed by atoms with E-state index in [0.717, 1.165) is 93.5 Å². The fourth-order valence-corrected chi connectivity index (χ4v) is 6.51. The van der Waals surface area contributed by atoms with Crippen molar-refractivity contribution in [2.24, 2.45) is 5.92 Å². The number of nitrogens with zero attached hydrogens (tertiary/aromatic N) is 4. The van der Waals surface area contributed by atoms with Gasteiger partial charge in [-0.3, -0.25) is 19.5 Å². The van der Waals surface area contributed by atoms with Crippen LogP contribution in [0.5, 0.6) is 0 Å². The number of aromatic nitrogens is 1. The van der Waals surface area contributed by atoms with Gasteiger partial charge in [-0.05, 0) is 88.6 Å². The third-order valence-electron chi connectivity index (χ3n) is 9.34. The number of piperidine rings is 2. The molecule has 0 radical (unpaired) electrons. The molecule has 2 saturated heterocycles. The van der Waals surface area contributed by atoms with Crippen molar-refractivity contribution in [2.75, 3.05) is 26.2 Å². The molecule has 0 atom stereocenters. The number of rotatable bonds is 6. The van der Waals surface area contributed by atoms with Crippen LogP contribution in [0.15, 0.2) is 36.5 Å². The van der Waals surface area contributed by atoms with E-state index in [-0.39, 0.29) is 35.1 Å². The van der Waals surface area contributed by atoms with E-state index in [1.165, 1.54) is 6.07 Å². The van der Waals surface area contributed by atoms with Gasteiger partial charge < -0.3 is 9.80 Å². The molecule has 2 aromatic rings. The molecule has 0 N–H and O–H groups in total. The predicted octanol–water partition coefficient (Wildman–Crippen LogP) is 5.13. The molecule has 0 spiro atoms. The number of benzene rings is 1. The molecule has 3 heterocycles. The van der Waals surface area contributed by atoms with Crippen LogP contribution >= 0.6 is 0 Å². The second-order valence-electron chi connectivity index (χ2n) is 11.8. The Kier molecular flexibility index (Phi) is 7.85. The highest BCUT2D eigenvalue weighted by Crippen LogP contribution is 2.35. The van der Waals surface area contributed by atoms with Crippen LogP contribution < -0.4 is 0 Å². The SMILES string of the molecule is Cc1ccnc(C)c1C(=O)N1CCC(C)(N2CCC(N(Cc3cccc(F)c3)C(=O)C3CCC3)CC2)CC1. The number of hydrogen-bond donors (Lipinski definition) is 0. The summed E-state index contributed by atoms with van der Waals surface area (Å²) in [5.41, 5.74) is 3.43. The first kappa shape index (κ1) is 26.8. The van der Waals surface area contributed by atoms with E-state index >= 15 is 0 Å². The predicted molar refractivity (Wildman–Crippen MR) is 146 cm³/mol. The fraction of sp³-hybridized carbons (Fsp3) is 0.581. The average molecular weight is 521 g/mol. The first-order chi connectivity index (χ1) is 18.2. The van der Waals surface area contributed by atoms with Crippen LogP contribution in [-0.2, 0) is 11.3 Å². The standard InChI is InChI=1S/C31H41FN4O2/c1-22-10-15-33-23(2)28(22)30(38)34-18-13-31(3,14-19-34)35-16-11-27(12-17-35)36(29(37)25-7-5-8-25)21-24-6-4-9-26(32)20-24/h4,6,9-10,15,20,25,27H,5,7-8,11-14,16-19,21H2,1-3H3. The van der Waals surface area contributed by atoms with Crippen molar-refractivity contribution in [3.8, 4) is 0 Å². The number of hydrogen-bond acceptors (Lipinski definition) is 4. The molecular weight excluding hydrogens is 479 g/mol. The minimum atomic E-state index is -0.250. The maximum atomic E-state index is 13.9. The van der Waals surface area contributed by atoms with Gasteiger partial charge in [-0.1, -0.05) is 18.6 Å². The van der Waals surface area contributed by atoms with Crippen molar-refractivity contribution in [3.63, 3.8) is 0 Å². The van der Waals surface area contributed by atoms with Gasteiger partial charge in [-0.15, -0.1) is 0 Å². The molecule has 1 aliphatic carbocycles. The van der Waals surface area contributed by atoms with Gasteiger partial charge in [0.15, 0.2) is 0 Å². The Balaban J connectivity index is 1.20. The Bertz CT molecular complexity index is 1140. The molecule has 38 heavy (non-hydrogen) atoms. The number of amides is 2. The maximum absolute atomic E-state index is 13.9. The highest BCUT2D eigenvalue weighted by molar-refractivity contribution is 5.96. The lowest BCUT2D eigenvalue weighted by Gasteiger charge is -2.50. The summed E-state index contributed by atoms with van der Waals surface area (Å²) < 4.78 is 13.9. The van der Waals surface area contributed by atoms with Gasteiger partial charge in [0, 0.05) is 56.4 Å². The minimum absolute atomic E-state index is 0.0478. The summed E-state index contributed by atoms with van der Waals surface area (Å²) >= 11 is 0. The molecule has 1 aromatic heterocycles. The smallest absolute Gasteiger partial charge is 0.255 e. The van der Waals surface area contributed by atoms with Crippen molar-refractivity contribution in [1.29, 1.82) is 0 Å². The van der Waals surface area contributed by atoms with Crippen LogP contribution in [0.3, 0.4) is 0 Å². The van der Waals surface area contributed by atoms with Crippen molar-refractivity contribution >= 4 is 11.8 Å². The number of pyridine rings is 1. The van der Waals surface area contributed by atoms with Crippen molar-refractivity contribution < 1.29 is 14.0 Å². The van der Waals surface area contributed by atoms with Gasteiger partial charge in [0.1, 0.15) is 5.82 Å². The number of carbonyl (C=O) groups is 2. The maximum Gasteiger partial charge on any atom is 0.255 e. The Labute approximate surface area is 226 Å². The Hall–Kier alpha value is -2.80. The largest absolute Gasteiger partial charge is 0.338 e. The first-order valence-corrected chi connectivity index (χ1v) is 14.3. The van der Waals surface area contributed by atoms with E-state index in [0.29, 0.717) is 6.54 Å². The zero-order valence-electron chi connectivity index (χ0n) is 23.1. The molecule has 3 fully saturated rings. The van der Waals surface area contributed by atoms with E-state index in [1.807, 2.05) is 30.9 Å². The molecule has 5 rings (SSSR count). The number of aryl methyl sites for hydroxylation is 2. The van der Waals surface area contributed by atoms with Crippen LogP contribution in [0.25, 0.3) is 0 Å². The molecule has 204 valence electrons. The van der Waals surface area contributed by atoms with Gasteiger partial charge in [-0.2, -0.15) is 0 Å². The topological polar surface area (TPSA) is 56.8 Å². The Morgan fingerprint density at radius 2 is 1.76 bits per heavy atom. The summed E-state index contributed by atoms with van der Waals surface area (Å²) in [6.45, 7) is 10.1. The summed E-state index contributed by atoms with van der Waals surface area (Å²) in [5, 5.41) is 0. The van der Waals surface area contributed by atoms with Crippen LogP contribution in [0.2, 0.25) is 0 Å². The highest BCUT2D eigenvalue weighted by atomic mass is 19.1. The Morgan fingerprint density at radius 3 is 2.37 bits per heavy atom. The van der Waals surface area contributed by atoms with E-state index in [4.69, 9.17) is 0 Å². The van der Waals surface area contributed by atoms with Crippen molar-refractivity contribution in [3.05, 3.63) is 64.7 Å². The summed E-state index contributed by atoms with van der Waals surface area (Å²) in [5.74, 6) is 0.224. The third-order valence-corrected chi connectivity index (χ3v) is 9.34. The average Bonchev–Trinajstić information content (AvgIpc) is 2.86. The first-order valence-electron chi connectivity index (χ1n) is 14.3. The number of likely N-dealkylation sites (tertiary alicyclic amines) is 2. The van der Waals surface area contributed by atoms with E-state index in [2.05, 4.69) is 21.7 Å². The van der Waals surface area contributed by atoms with Gasteiger partial charge in [0.05, 0.1) is 11.3 Å². The van der Waals surface area contributed by atoms with Crippen molar-refractivity contribution in [2.45, 2.75) is 83.8 Å². The monoisotopic (exact) mass is 520 g/mol. The van der Waals surface area contributed by atoms with Crippen molar-refractivity contribution in [1.82, 2.24) is 19.7 Å². The third kappa shape index (κ3) is 5.49. The second kappa shape index (κ2) is 11.1. The van der Waals surface area contributed by atoms with Crippen LogP contribution in [0.4, 0.5) is 4.39 Å². The van der Waals surface area contributed by atoms with Gasteiger partial charge in [0.2, 0.25) is 5.91 Å². The minimum Gasteiger partial charge on any atom is -0.338 e. The number of halogens is 1. The Morgan fingerprint density at radius 1 is 1.05 bits per heavy atom. The van der Waals surface area contributed by atoms with E-state index in [9.17, 15) is 14.0 Å². The molecule has 7 heteroatoms. The number of carbonyl (C=O) groups excluding carboxylic acids is 2. The van der Waals surface area contributed by atoms with Crippen LogP contribution in [-0.4, -0.2) is 69.3 Å². The molecule has 0 bridgehead atoms. The molecule has 6 nitrogen and oxygen atoms in total. The molecule has 1 aromatic carbocycles. The molecule has 0 unspecified atom stereocenters. The molecule has 2 aliphatic heterocycles. The molecular formula is C31H41FN4O2. The van der Waals surface area contributed by atoms with Gasteiger partial charge in [0.25, 0.3) is 5.91 Å². The summed E-state index contributed by atoms with van der Waals surface area (Å²) in [6, 6.07) is 8.76. The molecule has 2 amide bonds. The zero-order chi connectivity index (χ0) is 26.9. The van der Waals surface area contributed by atoms with E-state index < -0.39 is 0 Å². The second-order valence-corrected chi connectivity index (χ2v) is 11.8. The molecule has 1 saturated carbocycles. The normalized spacial score (nSPS) is 20.7. The lowest BCUT2D eigenvalue weighted by Crippen LogP contribution is -2.58. The van der Waals surface area contributed by atoms with Crippen LogP contribution in [0.1, 0.15) is 79.0 Å². The molecule has 3 aliphatic rings. The fourth-order valence-electron chi connectivity index (χ4n) is 6.51. The highest BCUT2D eigenvalue weighted by Gasteiger charge is 2.41. The van der Waals surface area contributed by atoms with Crippen LogP contribution in [0, 0.1) is 25.6 Å². The van der Waals surface area contributed by atoms with Gasteiger partial charge >= 0.3 is 0 Å². The van der Waals surface area contributed by atoms with E-state index in [1.54, 1.807) is 18.3 Å². The van der Waals surface area contributed by atoms with Gasteiger partial charge in [-0.25, -0.2) is 4.39 Å². The zero-order valence-corrected chi connectivity index (χ0v) is 23.1. The summed E-state index contributed by atoms with van der Waals surface area (Å²) in [7, 11) is 0. The quantitative estimate of drug-likeness (QED) is 0.530. The summed E-state index contributed by atoms with van der Waals surface area (Å²) in [6.07, 6.45) is 8.58. The lowest BCUT2D eigenvalue weighted by molar-refractivity contribution is -0.143. The lowest BCUT2D eigenvalue weighted by atomic mass is 9.82. The summed E-state index contributed by atoms with van der Waals surface area (Å²) in [4.78, 5) is 37.6.